The summed E-state index contributed by atoms with van der Waals surface area (Å²) in [5.41, 5.74) is 2.75. The average molecular weight is 339 g/mol. The van der Waals surface area contributed by atoms with Crippen LogP contribution in [0.5, 0.6) is 0 Å². The molecule has 0 aliphatic carbocycles. The molecule has 0 saturated carbocycles. The summed E-state index contributed by atoms with van der Waals surface area (Å²) in [4.78, 5) is 25.6. The van der Waals surface area contributed by atoms with E-state index in [0.29, 0.717) is 5.82 Å². The van der Waals surface area contributed by atoms with Crippen LogP contribution in [0.3, 0.4) is 0 Å². The van der Waals surface area contributed by atoms with Crippen LogP contribution < -0.4 is 5.32 Å². The number of carbonyl (C=O) groups is 2. The van der Waals surface area contributed by atoms with Crippen molar-refractivity contribution in [3.63, 3.8) is 0 Å². The number of carbonyl (C=O) groups excluding carboxylic acids is 2. The molecule has 1 N–H and O–H groups in total. The molecule has 0 saturated heterocycles. The quantitative estimate of drug-likeness (QED) is 0.864. The summed E-state index contributed by atoms with van der Waals surface area (Å²) >= 11 is 0. The third kappa shape index (κ3) is 4.04. The third-order valence-corrected chi connectivity index (χ3v) is 4.10. The lowest BCUT2D eigenvalue weighted by molar-refractivity contribution is -0.143. The first kappa shape index (κ1) is 18.2. The molecule has 0 unspecified atom stereocenters. The van der Waals surface area contributed by atoms with Crippen LogP contribution in [0.25, 0.3) is 11.3 Å². The Morgan fingerprint density at radius 1 is 1.40 bits per heavy atom. The zero-order chi connectivity index (χ0) is 18.6. The van der Waals surface area contributed by atoms with Gasteiger partial charge in [0.05, 0.1) is 18.2 Å². The minimum Gasteiger partial charge on any atom is -0.334 e. The van der Waals surface area contributed by atoms with Crippen molar-refractivity contribution in [2.45, 2.75) is 26.3 Å². The molecule has 2 aromatic rings. The molecule has 1 aromatic heterocycles. The van der Waals surface area contributed by atoms with Gasteiger partial charge in [-0.05, 0) is 19.4 Å². The lowest BCUT2D eigenvalue weighted by Crippen LogP contribution is -2.42. The Balaban J connectivity index is 2.16. The van der Waals surface area contributed by atoms with Crippen molar-refractivity contribution in [2.24, 2.45) is 7.05 Å². The summed E-state index contributed by atoms with van der Waals surface area (Å²) in [6.07, 6.45) is 0.165. The smallest absolute Gasteiger partial charge is 0.315 e. The van der Waals surface area contributed by atoms with Crippen molar-refractivity contribution in [1.82, 2.24) is 14.7 Å². The van der Waals surface area contributed by atoms with Crippen LogP contribution in [0.2, 0.25) is 0 Å². The Labute approximate surface area is 146 Å². The number of hydrogen-bond acceptors (Lipinski definition) is 4. The molecule has 0 radical (unpaired) electrons. The topological polar surface area (TPSA) is 91.0 Å². The molecule has 2 rings (SSSR count). The molecular weight excluding hydrogens is 318 g/mol. The molecule has 1 aromatic carbocycles. The SMILES string of the molecule is Cc1ccccc1-c1cc(NC(=O)C(=O)N(C)[C@H](C)CC#N)n(C)n1. The molecule has 0 bridgehead atoms. The lowest BCUT2D eigenvalue weighted by atomic mass is 10.1. The molecule has 1 heterocycles. The van der Waals surface area contributed by atoms with E-state index in [1.165, 1.54) is 16.6 Å². The van der Waals surface area contributed by atoms with E-state index < -0.39 is 11.8 Å². The number of amides is 2. The van der Waals surface area contributed by atoms with Gasteiger partial charge in [-0.2, -0.15) is 10.4 Å². The second-order valence-corrected chi connectivity index (χ2v) is 5.93. The van der Waals surface area contributed by atoms with Crippen molar-refractivity contribution in [1.29, 1.82) is 5.26 Å². The minimum atomic E-state index is -0.758. The molecule has 2 amide bonds. The van der Waals surface area contributed by atoms with Crippen LogP contribution >= 0.6 is 0 Å². The summed E-state index contributed by atoms with van der Waals surface area (Å²) in [5, 5.41) is 15.7. The first-order chi connectivity index (χ1) is 11.8. The van der Waals surface area contributed by atoms with E-state index in [9.17, 15) is 9.59 Å². The molecular formula is C18H21N5O2. The summed E-state index contributed by atoms with van der Waals surface area (Å²) in [5.74, 6) is -1.02. The summed E-state index contributed by atoms with van der Waals surface area (Å²) in [6, 6.07) is 11.2. The number of rotatable bonds is 4. The molecule has 7 nitrogen and oxygen atoms in total. The number of likely N-dealkylation sites (N-methyl/N-ethyl adjacent to an activating group) is 1. The predicted molar refractivity (Wildman–Crippen MR) is 94.5 cm³/mol. The van der Waals surface area contributed by atoms with E-state index in [-0.39, 0.29) is 12.5 Å². The highest BCUT2D eigenvalue weighted by Crippen LogP contribution is 2.24. The Morgan fingerprint density at radius 2 is 2.08 bits per heavy atom. The van der Waals surface area contributed by atoms with Crippen LogP contribution in [0.4, 0.5) is 5.82 Å². The molecule has 25 heavy (non-hydrogen) atoms. The van der Waals surface area contributed by atoms with Gasteiger partial charge in [-0.25, -0.2) is 0 Å². The Hall–Kier alpha value is -3.14. The number of aryl methyl sites for hydroxylation is 2. The summed E-state index contributed by atoms with van der Waals surface area (Å²) in [6.45, 7) is 3.70. The monoisotopic (exact) mass is 339 g/mol. The second-order valence-electron chi connectivity index (χ2n) is 5.93. The van der Waals surface area contributed by atoms with Gasteiger partial charge in [-0.15, -0.1) is 0 Å². The lowest BCUT2D eigenvalue weighted by Gasteiger charge is -2.22. The zero-order valence-corrected chi connectivity index (χ0v) is 14.8. The highest BCUT2D eigenvalue weighted by atomic mass is 16.2. The number of nitrogens with one attached hydrogen (secondary N) is 1. The maximum absolute atomic E-state index is 12.2. The van der Waals surface area contributed by atoms with Crippen LogP contribution in [0.15, 0.2) is 30.3 Å². The van der Waals surface area contributed by atoms with Gasteiger partial charge in [0.15, 0.2) is 0 Å². The molecule has 130 valence electrons. The van der Waals surface area contributed by atoms with Gasteiger partial charge in [0.25, 0.3) is 0 Å². The fraction of sp³-hybridized carbons (Fsp3) is 0.333. The second kappa shape index (κ2) is 7.62. The minimum absolute atomic E-state index is 0.165. The first-order valence-electron chi connectivity index (χ1n) is 7.90. The molecule has 1 atom stereocenters. The number of nitriles is 1. The van der Waals surface area contributed by atoms with E-state index in [1.54, 1.807) is 20.0 Å². The van der Waals surface area contributed by atoms with Crippen molar-refractivity contribution >= 4 is 17.6 Å². The highest BCUT2D eigenvalue weighted by Gasteiger charge is 2.24. The number of nitrogens with zero attached hydrogens (tertiary/aromatic N) is 4. The normalized spacial score (nSPS) is 11.5. The fourth-order valence-corrected chi connectivity index (χ4v) is 2.38. The average Bonchev–Trinajstić information content (AvgIpc) is 2.94. The van der Waals surface area contributed by atoms with Gasteiger partial charge in [0.1, 0.15) is 5.82 Å². The van der Waals surface area contributed by atoms with Gasteiger partial charge >= 0.3 is 11.8 Å². The fourth-order valence-electron chi connectivity index (χ4n) is 2.38. The number of anilines is 1. The Kier molecular flexibility index (Phi) is 5.55. The summed E-state index contributed by atoms with van der Waals surface area (Å²) < 4.78 is 1.52. The highest BCUT2D eigenvalue weighted by molar-refractivity contribution is 6.39. The van der Waals surface area contributed by atoms with E-state index in [4.69, 9.17) is 5.26 Å². The third-order valence-electron chi connectivity index (χ3n) is 4.10. The molecule has 0 aliphatic heterocycles. The number of hydrogen-bond donors (Lipinski definition) is 1. The Bertz CT molecular complexity index is 834. The van der Waals surface area contributed by atoms with Crippen LogP contribution in [-0.2, 0) is 16.6 Å². The number of benzene rings is 1. The Morgan fingerprint density at radius 3 is 2.72 bits per heavy atom. The first-order valence-corrected chi connectivity index (χ1v) is 7.90. The van der Waals surface area contributed by atoms with Crippen LogP contribution in [-0.4, -0.2) is 39.6 Å². The standard InChI is InChI=1S/C18H21N5O2/c1-12-7-5-6-8-14(12)15-11-16(23(4)21-15)20-17(24)18(25)22(3)13(2)9-10-19/h5-8,11,13H,9H2,1-4H3,(H,20,24)/t13-/m1/s1. The maximum atomic E-state index is 12.2. The van der Waals surface area contributed by atoms with Gasteiger partial charge in [-0.3, -0.25) is 14.3 Å². The van der Waals surface area contributed by atoms with E-state index in [0.717, 1.165) is 16.8 Å². The van der Waals surface area contributed by atoms with Crippen LogP contribution in [0.1, 0.15) is 18.9 Å². The van der Waals surface area contributed by atoms with E-state index in [2.05, 4.69) is 10.4 Å². The van der Waals surface area contributed by atoms with E-state index >= 15 is 0 Å². The molecule has 7 heteroatoms. The van der Waals surface area contributed by atoms with Crippen molar-refractivity contribution in [3.05, 3.63) is 35.9 Å². The molecule has 0 aliphatic rings. The van der Waals surface area contributed by atoms with Gasteiger partial charge in [0.2, 0.25) is 0 Å². The van der Waals surface area contributed by atoms with Gasteiger partial charge in [-0.1, -0.05) is 24.3 Å². The van der Waals surface area contributed by atoms with Crippen LogP contribution in [0, 0.1) is 18.3 Å². The van der Waals surface area contributed by atoms with Crippen molar-refractivity contribution in [2.75, 3.05) is 12.4 Å². The van der Waals surface area contributed by atoms with Crippen molar-refractivity contribution in [3.8, 4) is 17.3 Å². The molecule has 0 spiro atoms. The van der Waals surface area contributed by atoms with Gasteiger partial charge < -0.3 is 10.2 Å². The van der Waals surface area contributed by atoms with Gasteiger partial charge in [0, 0.05) is 31.8 Å². The zero-order valence-electron chi connectivity index (χ0n) is 14.8. The number of aromatic nitrogens is 2. The largest absolute Gasteiger partial charge is 0.334 e. The van der Waals surface area contributed by atoms with Crippen molar-refractivity contribution < 1.29 is 9.59 Å². The molecule has 0 fully saturated rings. The van der Waals surface area contributed by atoms with E-state index in [1.807, 2.05) is 37.3 Å². The predicted octanol–water partition coefficient (Wildman–Crippen LogP) is 2.09. The maximum Gasteiger partial charge on any atom is 0.315 e. The summed E-state index contributed by atoms with van der Waals surface area (Å²) in [7, 11) is 3.20.